The number of hydrogen-bond acceptors (Lipinski definition) is 4. The van der Waals surface area contributed by atoms with Gasteiger partial charge in [-0.2, -0.15) is 5.10 Å². The maximum atomic E-state index is 13.1. The SMILES string of the molecule is CNCCN(C)Cc1nn2c(c1C1CCC3(CC1)CCN(C(C)C)C3=O)CCC2. The fourth-order valence-corrected chi connectivity index (χ4v) is 5.90. The van der Waals surface area contributed by atoms with E-state index in [9.17, 15) is 4.79 Å². The van der Waals surface area contributed by atoms with Crippen LogP contribution in [0, 0.1) is 5.41 Å². The van der Waals surface area contributed by atoms with E-state index in [-0.39, 0.29) is 5.41 Å². The zero-order valence-corrected chi connectivity index (χ0v) is 18.8. The molecule has 3 heterocycles. The standard InChI is InChI=1S/C23H39N5O/c1-17(2)27-14-11-23(22(27)29)9-7-18(8-10-23)21-19(16-26(4)15-12-24-3)25-28-13-5-6-20(21)28/h17-18,24H,5-16H2,1-4H3. The van der Waals surface area contributed by atoms with Crippen LogP contribution in [0.25, 0.3) is 0 Å². The summed E-state index contributed by atoms with van der Waals surface area (Å²) in [6, 6.07) is 0.332. The van der Waals surface area contributed by atoms with Crippen molar-refractivity contribution in [1.29, 1.82) is 0 Å². The number of carbonyl (C=O) groups is 1. The highest BCUT2D eigenvalue weighted by Gasteiger charge is 2.49. The first-order chi connectivity index (χ1) is 13.9. The normalized spacial score (nSPS) is 27.0. The van der Waals surface area contributed by atoms with Crippen molar-refractivity contribution >= 4 is 5.91 Å². The van der Waals surface area contributed by atoms with Gasteiger partial charge in [0.25, 0.3) is 0 Å². The lowest BCUT2D eigenvalue weighted by Crippen LogP contribution is -2.40. The third-order valence-corrected chi connectivity index (χ3v) is 7.64. The van der Waals surface area contributed by atoms with E-state index in [1.165, 1.54) is 24.2 Å². The lowest BCUT2D eigenvalue weighted by atomic mass is 9.67. The number of rotatable bonds is 7. The molecule has 0 aromatic carbocycles. The van der Waals surface area contributed by atoms with E-state index < -0.39 is 0 Å². The predicted molar refractivity (Wildman–Crippen MR) is 116 cm³/mol. The molecule has 0 atom stereocenters. The fourth-order valence-electron chi connectivity index (χ4n) is 5.90. The van der Waals surface area contributed by atoms with Gasteiger partial charge < -0.3 is 10.2 Å². The number of fused-ring (bicyclic) bond motifs is 1. The summed E-state index contributed by atoms with van der Waals surface area (Å²) < 4.78 is 2.28. The Morgan fingerprint density at radius 3 is 2.66 bits per heavy atom. The zero-order valence-electron chi connectivity index (χ0n) is 18.8. The Labute approximate surface area is 176 Å². The predicted octanol–water partition coefficient (Wildman–Crippen LogP) is 2.77. The molecule has 6 nitrogen and oxygen atoms in total. The first kappa shape index (κ1) is 20.9. The second-order valence-electron chi connectivity index (χ2n) is 9.87. The Bertz CT molecular complexity index is 732. The summed E-state index contributed by atoms with van der Waals surface area (Å²) >= 11 is 0. The van der Waals surface area contributed by atoms with E-state index in [1.54, 1.807) is 5.56 Å². The highest BCUT2D eigenvalue weighted by atomic mass is 16.2. The number of likely N-dealkylation sites (N-methyl/N-ethyl adjacent to an activating group) is 2. The number of amides is 1. The molecule has 3 aliphatic rings. The Kier molecular flexibility index (Phi) is 6.03. The van der Waals surface area contributed by atoms with Gasteiger partial charge in [-0.05, 0) is 78.8 Å². The largest absolute Gasteiger partial charge is 0.340 e. The summed E-state index contributed by atoms with van der Waals surface area (Å²) in [5.41, 5.74) is 4.26. The Balaban J connectivity index is 1.49. The van der Waals surface area contributed by atoms with Gasteiger partial charge in [-0.15, -0.1) is 0 Å². The van der Waals surface area contributed by atoms with Crippen LogP contribution >= 0.6 is 0 Å². The van der Waals surface area contributed by atoms with Gasteiger partial charge in [0.05, 0.1) is 11.1 Å². The molecule has 1 N–H and O–H groups in total. The topological polar surface area (TPSA) is 53.4 Å². The number of carbonyl (C=O) groups excluding carboxylic acids is 1. The molecule has 4 rings (SSSR count). The summed E-state index contributed by atoms with van der Waals surface area (Å²) in [6.07, 6.45) is 7.85. The number of nitrogens with one attached hydrogen (secondary N) is 1. The van der Waals surface area contributed by atoms with E-state index in [0.29, 0.717) is 17.9 Å². The van der Waals surface area contributed by atoms with Crippen LogP contribution in [-0.4, -0.2) is 65.3 Å². The number of nitrogens with zero attached hydrogens (tertiary/aromatic N) is 4. The molecule has 1 aliphatic carbocycles. The molecule has 162 valence electrons. The molecule has 29 heavy (non-hydrogen) atoms. The third-order valence-electron chi connectivity index (χ3n) is 7.64. The van der Waals surface area contributed by atoms with Gasteiger partial charge in [0.15, 0.2) is 0 Å². The smallest absolute Gasteiger partial charge is 0.229 e. The summed E-state index contributed by atoms with van der Waals surface area (Å²) in [6.45, 7) is 9.28. The molecule has 1 aromatic heterocycles. The molecule has 1 aromatic rings. The number of hydrogen-bond donors (Lipinski definition) is 1. The van der Waals surface area contributed by atoms with Gasteiger partial charge in [0.2, 0.25) is 5.91 Å². The minimum atomic E-state index is -0.0686. The van der Waals surface area contributed by atoms with E-state index in [0.717, 1.165) is 64.8 Å². The van der Waals surface area contributed by atoms with Crippen LogP contribution in [0.5, 0.6) is 0 Å². The zero-order chi connectivity index (χ0) is 20.6. The van der Waals surface area contributed by atoms with Gasteiger partial charge in [-0.25, -0.2) is 0 Å². The van der Waals surface area contributed by atoms with Crippen LogP contribution in [0.1, 0.15) is 75.2 Å². The van der Waals surface area contributed by atoms with E-state index >= 15 is 0 Å². The monoisotopic (exact) mass is 401 g/mol. The molecule has 1 saturated heterocycles. The van der Waals surface area contributed by atoms with Crippen molar-refractivity contribution in [3.63, 3.8) is 0 Å². The molecule has 0 radical (unpaired) electrons. The molecule has 0 bridgehead atoms. The van der Waals surface area contributed by atoms with Gasteiger partial charge >= 0.3 is 0 Å². The van der Waals surface area contributed by atoms with Crippen LogP contribution in [0.4, 0.5) is 0 Å². The Hall–Kier alpha value is -1.40. The van der Waals surface area contributed by atoms with Crippen LogP contribution < -0.4 is 5.32 Å². The first-order valence-corrected chi connectivity index (χ1v) is 11.7. The summed E-state index contributed by atoms with van der Waals surface area (Å²) in [5, 5.41) is 8.27. The lowest BCUT2D eigenvalue weighted by molar-refractivity contribution is -0.139. The molecular formula is C23H39N5O. The second-order valence-corrected chi connectivity index (χ2v) is 9.87. The van der Waals surface area contributed by atoms with Crippen LogP contribution in [0.2, 0.25) is 0 Å². The molecule has 0 unspecified atom stereocenters. The van der Waals surface area contributed by atoms with E-state index in [2.05, 4.69) is 40.7 Å². The maximum absolute atomic E-state index is 13.1. The Morgan fingerprint density at radius 1 is 1.24 bits per heavy atom. The average Bonchev–Trinajstić information content (AvgIpc) is 3.36. The summed E-state index contributed by atoms with van der Waals surface area (Å²) in [7, 11) is 4.20. The van der Waals surface area contributed by atoms with Crippen LogP contribution in [-0.2, 0) is 24.3 Å². The van der Waals surface area contributed by atoms with Crippen molar-refractivity contribution in [2.45, 2.75) is 83.8 Å². The van der Waals surface area contributed by atoms with Crippen LogP contribution in [0.3, 0.4) is 0 Å². The molecule has 2 fully saturated rings. The van der Waals surface area contributed by atoms with Crippen molar-refractivity contribution in [1.82, 2.24) is 24.9 Å². The molecule has 6 heteroatoms. The van der Waals surface area contributed by atoms with Crippen molar-refractivity contribution in [2.24, 2.45) is 5.41 Å². The number of likely N-dealkylation sites (tertiary alicyclic amines) is 1. The van der Waals surface area contributed by atoms with Gasteiger partial charge in [0, 0.05) is 50.0 Å². The van der Waals surface area contributed by atoms with Crippen LogP contribution in [0.15, 0.2) is 0 Å². The molecular weight excluding hydrogens is 362 g/mol. The first-order valence-electron chi connectivity index (χ1n) is 11.7. The summed E-state index contributed by atoms with van der Waals surface area (Å²) in [4.78, 5) is 17.6. The van der Waals surface area contributed by atoms with Crippen molar-refractivity contribution in [3.8, 4) is 0 Å². The van der Waals surface area contributed by atoms with Gasteiger partial charge in [0.1, 0.15) is 0 Å². The molecule has 1 amide bonds. The number of aryl methyl sites for hydroxylation is 1. The van der Waals surface area contributed by atoms with Crippen molar-refractivity contribution in [2.75, 3.05) is 33.7 Å². The summed E-state index contributed by atoms with van der Waals surface area (Å²) in [5.74, 6) is 1.01. The molecule has 1 saturated carbocycles. The highest BCUT2D eigenvalue weighted by molar-refractivity contribution is 5.85. The minimum absolute atomic E-state index is 0.0686. The lowest BCUT2D eigenvalue weighted by Gasteiger charge is -2.36. The second kappa shape index (κ2) is 8.38. The van der Waals surface area contributed by atoms with E-state index in [4.69, 9.17) is 5.10 Å². The fraction of sp³-hybridized carbons (Fsp3) is 0.826. The third kappa shape index (κ3) is 3.86. The quantitative estimate of drug-likeness (QED) is 0.763. The number of aromatic nitrogens is 2. The van der Waals surface area contributed by atoms with Crippen molar-refractivity contribution in [3.05, 3.63) is 17.0 Å². The maximum Gasteiger partial charge on any atom is 0.229 e. The van der Waals surface area contributed by atoms with Gasteiger partial charge in [-0.1, -0.05) is 0 Å². The molecule has 1 spiro atoms. The van der Waals surface area contributed by atoms with E-state index in [1.807, 2.05) is 7.05 Å². The highest BCUT2D eigenvalue weighted by Crippen LogP contribution is 2.50. The van der Waals surface area contributed by atoms with Gasteiger partial charge in [-0.3, -0.25) is 14.4 Å². The Morgan fingerprint density at radius 2 is 2.00 bits per heavy atom. The minimum Gasteiger partial charge on any atom is -0.340 e. The average molecular weight is 402 g/mol. The van der Waals surface area contributed by atoms with Crippen molar-refractivity contribution < 1.29 is 4.79 Å². The molecule has 2 aliphatic heterocycles.